The standard InChI is InChI=1S/C18H27FN2O/c1-3-4-14(2)20-18(22)16-9-11-21(12-10-16)13-15-5-7-17(19)8-6-15/h5-8,14,16H,3-4,9-13H2,1-2H3,(H,20,22)/t14-/m0/s1. The van der Waals surface area contributed by atoms with Gasteiger partial charge in [-0.1, -0.05) is 25.5 Å². The van der Waals surface area contributed by atoms with E-state index in [1.54, 1.807) is 0 Å². The maximum absolute atomic E-state index is 12.9. The predicted molar refractivity (Wildman–Crippen MR) is 86.9 cm³/mol. The van der Waals surface area contributed by atoms with Gasteiger partial charge in [-0.3, -0.25) is 9.69 Å². The third-order valence-electron chi connectivity index (χ3n) is 4.39. The fourth-order valence-electron chi connectivity index (χ4n) is 3.07. The highest BCUT2D eigenvalue weighted by atomic mass is 19.1. The molecule has 1 aromatic rings. The van der Waals surface area contributed by atoms with Gasteiger partial charge in [0.1, 0.15) is 5.82 Å². The zero-order valence-corrected chi connectivity index (χ0v) is 13.6. The van der Waals surface area contributed by atoms with Crippen molar-refractivity contribution in [2.45, 2.75) is 52.1 Å². The maximum Gasteiger partial charge on any atom is 0.223 e. The molecule has 122 valence electrons. The van der Waals surface area contributed by atoms with Crippen LogP contribution in [-0.2, 0) is 11.3 Å². The fraction of sp³-hybridized carbons (Fsp3) is 0.611. The third-order valence-corrected chi connectivity index (χ3v) is 4.39. The van der Waals surface area contributed by atoms with Gasteiger partial charge in [-0.25, -0.2) is 4.39 Å². The molecule has 1 saturated heterocycles. The van der Waals surface area contributed by atoms with Crippen LogP contribution in [0.15, 0.2) is 24.3 Å². The number of nitrogens with zero attached hydrogens (tertiary/aromatic N) is 1. The van der Waals surface area contributed by atoms with E-state index < -0.39 is 0 Å². The lowest BCUT2D eigenvalue weighted by molar-refractivity contribution is -0.127. The van der Waals surface area contributed by atoms with Crippen LogP contribution < -0.4 is 5.32 Å². The van der Waals surface area contributed by atoms with Gasteiger partial charge in [0.05, 0.1) is 0 Å². The SMILES string of the molecule is CCC[C@H](C)NC(=O)C1CCN(Cc2ccc(F)cc2)CC1. The smallest absolute Gasteiger partial charge is 0.223 e. The van der Waals surface area contributed by atoms with Gasteiger partial charge in [-0.15, -0.1) is 0 Å². The van der Waals surface area contributed by atoms with Crippen LogP contribution in [0, 0.1) is 11.7 Å². The minimum atomic E-state index is -0.194. The number of amides is 1. The summed E-state index contributed by atoms with van der Waals surface area (Å²) < 4.78 is 12.9. The Bertz CT molecular complexity index is 466. The molecule has 0 radical (unpaired) electrons. The van der Waals surface area contributed by atoms with E-state index in [1.165, 1.54) is 12.1 Å². The molecule has 2 rings (SSSR count). The first-order valence-corrected chi connectivity index (χ1v) is 8.35. The third kappa shape index (κ3) is 5.09. The molecule has 3 nitrogen and oxygen atoms in total. The normalized spacial score (nSPS) is 18.1. The molecular formula is C18H27FN2O. The number of halogens is 1. The molecule has 0 unspecified atom stereocenters. The molecule has 0 spiro atoms. The van der Waals surface area contributed by atoms with Crippen LogP contribution in [0.1, 0.15) is 45.1 Å². The molecular weight excluding hydrogens is 279 g/mol. The Morgan fingerprint density at radius 3 is 2.55 bits per heavy atom. The average Bonchev–Trinajstić information content (AvgIpc) is 2.50. The lowest BCUT2D eigenvalue weighted by Gasteiger charge is -2.31. The molecule has 1 aromatic carbocycles. The van der Waals surface area contributed by atoms with Gasteiger partial charge in [-0.05, 0) is 57.0 Å². The van der Waals surface area contributed by atoms with Crippen molar-refractivity contribution < 1.29 is 9.18 Å². The molecule has 1 aliphatic heterocycles. The number of nitrogens with one attached hydrogen (secondary N) is 1. The van der Waals surface area contributed by atoms with Crippen LogP contribution in [0.3, 0.4) is 0 Å². The molecule has 0 saturated carbocycles. The maximum atomic E-state index is 12.9. The van der Waals surface area contributed by atoms with E-state index in [0.717, 1.165) is 50.9 Å². The number of piperidine rings is 1. The Kier molecular flexibility index (Phi) is 6.37. The highest BCUT2D eigenvalue weighted by Crippen LogP contribution is 2.19. The van der Waals surface area contributed by atoms with Gasteiger partial charge in [0, 0.05) is 18.5 Å². The molecule has 0 aliphatic carbocycles. The Morgan fingerprint density at radius 2 is 1.95 bits per heavy atom. The van der Waals surface area contributed by atoms with Gasteiger partial charge in [-0.2, -0.15) is 0 Å². The average molecular weight is 306 g/mol. The highest BCUT2D eigenvalue weighted by molar-refractivity contribution is 5.79. The Hall–Kier alpha value is -1.42. The fourth-order valence-corrected chi connectivity index (χ4v) is 3.07. The Labute approximate surface area is 132 Å². The number of carbonyl (C=O) groups is 1. The molecule has 22 heavy (non-hydrogen) atoms. The summed E-state index contributed by atoms with van der Waals surface area (Å²) >= 11 is 0. The van der Waals surface area contributed by atoms with E-state index in [4.69, 9.17) is 0 Å². The lowest BCUT2D eigenvalue weighted by atomic mass is 9.95. The van der Waals surface area contributed by atoms with Gasteiger partial charge >= 0.3 is 0 Å². The molecule has 4 heteroatoms. The molecule has 1 atom stereocenters. The summed E-state index contributed by atoms with van der Waals surface area (Å²) in [7, 11) is 0. The van der Waals surface area contributed by atoms with Crippen molar-refractivity contribution in [3.63, 3.8) is 0 Å². The topological polar surface area (TPSA) is 32.3 Å². The van der Waals surface area contributed by atoms with Crippen molar-refractivity contribution in [1.29, 1.82) is 0 Å². The number of benzene rings is 1. The summed E-state index contributed by atoms with van der Waals surface area (Å²) in [4.78, 5) is 14.6. The monoisotopic (exact) mass is 306 g/mol. The quantitative estimate of drug-likeness (QED) is 0.874. The minimum Gasteiger partial charge on any atom is -0.353 e. The van der Waals surface area contributed by atoms with Crippen molar-refractivity contribution in [3.8, 4) is 0 Å². The second-order valence-corrected chi connectivity index (χ2v) is 6.38. The second kappa shape index (κ2) is 8.28. The molecule has 1 amide bonds. The van der Waals surface area contributed by atoms with Crippen molar-refractivity contribution in [1.82, 2.24) is 10.2 Å². The van der Waals surface area contributed by atoms with Crippen LogP contribution >= 0.6 is 0 Å². The first-order chi connectivity index (χ1) is 10.6. The molecule has 0 aromatic heterocycles. The summed E-state index contributed by atoms with van der Waals surface area (Å²) in [5.41, 5.74) is 1.13. The van der Waals surface area contributed by atoms with Crippen molar-refractivity contribution in [3.05, 3.63) is 35.6 Å². The number of rotatable bonds is 6. The van der Waals surface area contributed by atoms with Gasteiger partial charge in [0.15, 0.2) is 0 Å². The van der Waals surface area contributed by atoms with E-state index in [9.17, 15) is 9.18 Å². The first-order valence-electron chi connectivity index (χ1n) is 8.35. The number of carbonyl (C=O) groups excluding carboxylic acids is 1. The van der Waals surface area contributed by atoms with Crippen molar-refractivity contribution in [2.24, 2.45) is 5.92 Å². The Balaban J connectivity index is 1.75. The molecule has 1 heterocycles. The minimum absolute atomic E-state index is 0.142. The van der Waals surface area contributed by atoms with E-state index >= 15 is 0 Å². The summed E-state index contributed by atoms with van der Waals surface area (Å²) in [6.07, 6.45) is 3.95. The first kappa shape index (κ1) is 16.9. The molecule has 0 bridgehead atoms. The number of likely N-dealkylation sites (tertiary alicyclic amines) is 1. The van der Waals surface area contributed by atoms with Gasteiger partial charge < -0.3 is 5.32 Å². The largest absolute Gasteiger partial charge is 0.353 e. The summed E-state index contributed by atoms with van der Waals surface area (Å²) in [5.74, 6) is 0.159. The van der Waals surface area contributed by atoms with Crippen molar-refractivity contribution >= 4 is 5.91 Å². The van der Waals surface area contributed by atoms with Crippen LogP contribution in [0.25, 0.3) is 0 Å². The van der Waals surface area contributed by atoms with Crippen LogP contribution in [0.2, 0.25) is 0 Å². The molecule has 1 aliphatic rings. The van der Waals surface area contributed by atoms with E-state index in [0.29, 0.717) is 0 Å². The molecule has 1 N–H and O–H groups in total. The van der Waals surface area contributed by atoms with E-state index in [-0.39, 0.29) is 23.7 Å². The molecule has 1 fully saturated rings. The summed E-state index contributed by atoms with van der Waals surface area (Å²) in [5, 5.41) is 3.12. The lowest BCUT2D eigenvalue weighted by Crippen LogP contribution is -2.42. The zero-order valence-electron chi connectivity index (χ0n) is 13.6. The number of hydrogen-bond donors (Lipinski definition) is 1. The van der Waals surface area contributed by atoms with Gasteiger partial charge in [0.25, 0.3) is 0 Å². The summed E-state index contributed by atoms with van der Waals surface area (Å²) in [6, 6.07) is 6.95. The van der Waals surface area contributed by atoms with E-state index in [2.05, 4.69) is 24.1 Å². The predicted octanol–water partition coefficient (Wildman–Crippen LogP) is 3.34. The van der Waals surface area contributed by atoms with Crippen LogP contribution in [0.4, 0.5) is 4.39 Å². The zero-order chi connectivity index (χ0) is 15.9. The van der Waals surface area contributed by atoms with Crippen LogP contribution in [-0.4, -0.2) is 29.9 Å². The van der Waals surface area contributed by atoms with Crippen LogP contribution in [0.5, 0.6) is 0 Å². The van der Waals surface area contributed by atoms with E-state index in [1.807, 2.05) is 12.1 Å². The Morgan fingerprint density at radius 1 is 1.32 bits per heavy atom. The number of hydrogen-bond acceptors (Lipinski definition) is 2. The van der Waals surface area contributed by atoms with Crippen molar-refractivity contribution in [2.75, 3.05) is 13.1 Å². The van der Waals surface area contributed by atoms with Gasteiger partial charge in [0.2, 0.25) is 5.91 Å². The summed E-state index contributed by atoms with van der Waals surface area (Å²) in [6.45, 7) is 6.90. The highest BCUT2D eigenvalue weighted by Gasteiger charge is 2.25. The second-order valence-electron chi connectivity index (χ2n) is 6.38.